The van der Waals surface area contributed by atoms with Gasteiger partial charge in [-0.2, -0.15) is 5.10 Å². The molecule has 0 saturated carbocycles. The normalized spacial score (nSPS) is 11.2. The highest BCUT2D eigenvalue weighted by atomic mass is 35.5. The van der Waals surface area contributed by atoms with E-state index in [2.05, 4.69) is 67.1 Å². The first-order valence-corrected chi connectivity index (χ1v) is 11.3. The number of amides is 1. The van der Waals surface area contributed by atoms with Gasteiger partial charge in [0.1, 0.15) is 0 Å². The lowest BCUT2D eigenvalue weighted by atomic mass is 10.1. The van der Waals surface area contributed by atoms with Crippen LogP contribution in [0.15, 0.2) is 53.6 Å². The Labute approximate surface area is 187 Å². The highest BCUT2D eigenvalue weighted by Crippen LogP contribution is 2.22. The van der Waals surface area contributed by atoms with Crippen molar-refractivity contribution in [3.8, 4) is 5.69 Å². The van der Waals surface area contributed by atoms with E-state index >= 15 is 0 Å². The van der Waals surface area contributed by atoms with Crippen molar-refractivity contribution in [3.63, 3.8) is 0 Å². The number of carbonyl (C=O) groups excluding carboxylic acids is 1. The van der Waals surface area contributed by atoms with Crippen molar-refractivity contribution in [2.75, 3.05) is 5.75 Å². The van der Waals surface area contributed by atoms with E-state index in [1.165, 1.54) is 22.9 Å². The second kappa shape index (κ2) is 10.0. The second-order valence-corrected chi connectivity index (χ2v) is 8.77. The number of nitrogens with one attached hydrogen (secondary N) is 1. The number of halogens is 1. The van der Waals surface area contributed by atoms with Crippen LogP contribution in [0.25, 0.3) is 5.69 Å². The fourth-order valence-corrected chi connectivity index (χ4v) is 4.25. The summed E-state index contributed by atoms with van der Waals surface area (Å²) in [7, 11) is 0. The van der Waals surface area contributed by atoms with E-state index in [1.807, 2.05) is 24.3 Å². The molecule has 3 aromatic rings. The first-order chi connectivity index (χ1) is 14.3. The first-order valence-electron chi connectivity index (χ1n) is 9.76. The summed E-state index contributed by atoms with van der Waals surface area (Å²) in [5, 5.41) is 4.86. The molecule has 4 nitrogen and oxygen atoms in total. The average Bonchev–Trinajstić information content (AvgIpc) is 2.97. The maximum atomic E-state index is 12.1. The minimum absolute atomic E-state index is 0.124. The molecule has 0 unspecified atom stereocenters. The van der Waals surface area contributed by atoms with E-state index < -0.39 is 0 Å². The summed E-state index contributed by atoms with van der Waals surface area (Å²) in [6, 6.07) is 16.2. The van der Waals surface area contributed by atoms with Crippen molar-refractivity contribution in [1.29, 1.82) is 0 Å². The predicted octanol–water partition coefficient (Wildman–Crippen LogP) is 5.75. The third-order valence-corrected chi connectivity index (χ3v) is 6.24. The predicted molar refractivity (Wildman–Crippen MR) is 128 cm³/mol. The van der Waals surface area contributed by atoms with Crippen LogP contribution in [0.4, 0.5) is 0 Å². The maximum absolute atomic E-state index is 12.1. The monoisotopic (exact) mass is 439 g/mol. The van der Waals surface area contributed by atoms with E-state index in [9.17, 15) is 4.79 Å². The van der Waals surface area contributed by atoms with E-state index in [-0.39, 0.29) is 5.91 Å². The standard InChI is InChI=1S/C24H26ClN3OS/c1-16-8-9-23(10-17(16)2)28-18(3)11-21(19(28)4)13-26-27-24(29)15-30-14-20-6-5-7-22(25)12-20/h5-13H,14-15H2,1-4H3,(H,27,29). The number of thioether (sulfide) groups is 1. The van der Waals surface area contributed by atoms with Crippen molar-refractivity contribution in [1.82, 2.24) is 9.99 Å². The Morgan fingerprint density at radius 2 is 1.90 bits per heavy atom. The number of benzene rings is 2. The average molecular weight is 440 g/mol. The summed E-state index contributed by atoms with van der Waals surface area (Å²) in [5.74, 6) is 0.946. The summed E-state index contributed by atoms with van der Waals surface area (Å²) in [6.07, 6.45) is 1.71. The van der Waals surface area contributed by atoms with Gasteiger partial charge in [0.05, 0.1) is 12.0 Å². The van der Waals surface area contributed by atoms with Gasteiger partial charge in [0.25, 0.3) is 0 Å². The zero-order chi connectivity index (χ0) is 21.7. The van der Waals surface area contributed by atoms with Crippen LogP contribution in [0.1, 0.15) is 33.6 Å². The smallest absolute Gasteiger partial charge is 0.250 e. The van der Waals surface area contributed by atoms with Gasteiger partial charge < -0.3 is 4.57 Å². The Hall–Kier alpha value is -2.50. The van der Waals surface area contributed by atoms with Gasteiger partial charge in [-0.1, -0.05) is 29.8 Å². The van der Waals surface area contributed by atoms with E-state index in [1.54, 1.807) is 6.21 Å². The molecular weight excluding hydrogens is 414 g/mol. The molecule has 0 atom stereocenters. The summed E-state index contributed by atoms with van der Waals surface area (Å²) < 4.78 is 2.20. The Morgan fingerprint density at radius 3 is 2.63 bits per heavy atom. The van der Waals surface area contributed by atoms with Crippen LogP contribution < -0.4 is 5.43 Å². The maximum Gasteiger partial charge on any atom is 0.250 e. The van der Waals surface area contributed by atoms with Crippen LogP contribution in [0.5, 0.6) is 0 Å². The van der Waals surface area contributed by atoms with Gasteiger partial charge in [-0.05, 0) is 74.7 Å². The number of hydrazone groups is 1. The molecule has 0 bridgehead atoms. The van der Waals surface area contributed by atoms with Gasteiger partial charge >= 0.3 is 0 Å². The number of hydrogen-bond donors (Lipinski definition) is 1. The zero-order valence-corrected chi connectivity index (χ0v) is 19.3. The fraction of sp³-hybridized carbons (Fsp3) is 0.250. The van der Waals surface area contributed by atoms with E-state index in [0.29, 0.717) is 10.8 Å². The van der Waals surface area contributed by atoms with Crippen molar-refractivity contribution in [2.24, 2.45) is 5.10 Å². The quantitative estimate of drug-likeness (QED) is 0.376. The van der Waals surface area contributed by atoms with Gasteiger partial charge in [-0.15, -0.1) is 11.8 Å². The van der Waals surface area contributed by atoms with Gasteiger partial charge in [-0.3, -0.25) is 4.79 Å². The number of carbonyl (C=O) groups is 1. The molecule has 0 aliphatic heterocycles. The largest absolute Gasteiger partial charge is 0.318 e. The molecule has 156 valence electrons. The molecule has 6 heteroatoms. The fourth-order valence-electron chi connectivity index (χ4n) is 3.27. The highest BCUT2D eigenvalue weighted by Gasteiger charge is 2.10. The molecule has 0 spiro atoms. The lowest BCUT2D eigenvalue weighted by Crippen LogP contribution is -2.19. The van der Waals surface area contributed by atoms with Gasteiger partial charge in [0.15, 0.2) is 0 Å². The number of aromatic nitrogens is 1. The molecule has 0 aliphatic carbocycles. The molecule has 0 radical (unpaired) electrons. The summed E-state index contributed by atoms with van der Waals surface area (Å²) in [4.78, 5) is 12.1. The van der Waals surface area contributed by atoms with Crippen molar-refractivity contribution >= 4 is 35.5 Å². The molecule has 0 fully saturated rings. The molecule has 3 rings (SSSR count). The molecule has 1 aromatic heterocycles. The van der Waals surface area contributed by atoms with Crippen molar-refractivity contribution < 1.29 is 4.79 Å². The number of aryl methyl sites for hydroxylation is 3. The lowest BCUT2D eigenvalue weighted by molar-refractivity contribution is -0.118. The Balaban J connectivity index is 1.58. The van der Waals surface area contributed by atoms with Crippen LogP contribution in [-0.4, -0.2) is 22.4 Å². The number of nitrogens with zero attached hydrogens (tertiary/aromatic N) is 2. The van der Waals surface area contributed by atoms with Gasteiger partial charge in [0, 0.05) is 33.4 Å². The summed E-state index contributed by atoms with van der Waals surface area (Å²) >= 11 is 7.51. The Bertz CT molecular complexity index is 1090. The molecular formula is C24H26ClN3OS. The minimum Gasteiger partial charge on any atom is -0.318 e. The second-order valence-electron chi connectivity index (χ2n) is 7.35. The minimum atomic E-state index is -0.124. The lowest BCUT2D eigenvalue weighted by Gasteiger charge is -2.11. The van der Waals surface area contributed by atoms with Crippen LogP contribution >= 0.6 is 23.4 Å². The molecule has 1 N–H and O–H groups in total. The topological polar surface area (TPSA) is 46.4 Å². The molecule has 1 amide bonds. The summed E-state index contributed by atoms with van der Waals surface area (Å²) in [6.45, 7) is 8.37. The first kappa shape index (κ1) is 22.2. The Morgan fingerprint density at radius 1 is 1.10 bits per heavy atom. The molecule has 2 aromatic carbocycles. The molecule has 30 heavy (non-hydrogen) atoms. The molecule has 0 aliphatic rings. The number of rotatable bonds is 7. The third-order valence-electron chi connectivity index (χ3n) is 5.00. The Kier molecular flexibility index (Phi) is 7.40. The summed E-state index contributed by atoms with van der Waals surface area (Å²) in [5.41, 5.74) is 10.6. The molecule has 0 saturated heterocycles. The van der Waals surface area contributed by atoms with Crippen LogP contribution in [-0.2, 0) is 10.5 Å². The number of hydrogen-bond acceptors (Lipinski definition) is 3. The SMILES string of the molecule is Cc1ccc(-n2c(C)cc(C=NNC(=O)CSCc3cccc(Cl)c3)c2C)cc1C. The van der Waals surface area contributed by atoms with Crippen LogP contribution in [0.3, 0.4) is 0 Å². The van der Waals surface area contributed by atoms with E-state index in [4.69, 9.17) is 11.6 Å². The highest BCUT2D eigenvalue weighted by molar-refractivity contribution is 7.99. The van der Waals surface area contributed by atoms with Gasteiger partial charge in [0.2, 0.25) is 5.91 Å². The van der Waals surface area contributed by atoms with Crippen molar-refractivity contribution in [2.45, 2.75) is 33.4 Å². The van der Waals surface area contributed by atoms with E-state index in [0.717, 1.165) is 34.0 Å². The molecule has 1 heterocycles. The van der Waals surface area contributed by atoms with Gasteiger partial charge in [-0.25, -0.2) is 5.43 Å². The van der Waals surface area contributed by atoms with Crippen LogP contribution in [0, 0.1) is 27.7 Å². The third kappa shape index (κ3) is 5.55. The zero-order valence-electron chi connectivity index (χ0n) is 17.7. The van der Waals surface area contributed by atoms with Crippen LogP contribution in [0.2, 0.25) is 5.02 Å². The van der Waals surface area contributed by atoms with Crippen molar-refractivity contribution in [3.05, 3.63) is 87.2 Å².